The molecule has 0 radical (unpaired) electrons. The minimum Gasteiger partial charge on any atom is -0.381 e. The lowest BCUT2D eigenvalue weighted by atomic mass is 9.87. The van der Waals surface area contributed by atoms with Crippen molar-refractivity contribution in [3.8, 4) is 0 Å². The van der Waals surface area contributed by atoms with Gasteiger partial charge in [0.1, 0.15) is 0 Å². The minimum atomic E-state index is 0.441. The molecule has 1 aliphatic rings. The van der Waals surface area contributed by atoms with Crippen LogP contribution in [0.1, 0.15) is 69.5 Å². The zero-order valence-electron chi connectivity index (χ0n) is 13.9. The van der Waals surface area contributed by atoms with Gasteiger partial charge in [-0.15, -0.1) is 0 Å². The summed E-state index contributed by atoms with van der Waals surface area (Å²) in [6.45, 7) is 9.69. The van der Waals surface area contributed by atoms with Crippen LogP contribution in [0.2, 0.25) is 0 Å². The average Bonchev–Trinajstić information content (AvgIpc) is 2.56. The highest BCUT2D eigenvalue weighted by Crippen LogP contribution is 2.30. The third-order valence-electron chi connectivity index (χ3n) is 4.76. The van der Waals surface area contributed by atoms with Gasteiger partial charge in [0, 0.05) is 18.6 Å². The Morgan fingerprint density at radius 2 is 1.90 bits per heavy atom. The Kier molecular flexibility index (Phi) is 6.72. The molecule has 0 saturated carbocycles. The molecule has 2 heteroatoms. The molecule has 3 unspecified atom stereocenters. The number of hydrogen-bond acceptors (Lipinski definition) is 2. The molecule has 1 aliphatic heterocycles. The normalized spacial score (nSPS) is 22.0. The molecule has 118 valence electrons. The zero-order valence-corrected chi connectivity index (χ0v) is 13.9. The molecule has 1 N–H and O–H groups in total. The van der Waals surface area contributed by atoms with Crippen molar-refractivity contribution >= 4 is 0 Å². The first-order valence-electron chi connectivity index (χ1n) is 8.67. The van der Waals surface area contributed by atoms with Crippen LogP contribution in [0.3, 0.4) is 0 Å². The molecule has 2 rings (SSSR count). The van der Waals surface area contributed by atoms with Gasteiger partial charge in [-0.2, -0.15) is 0 Å². The topological polar surface area (TPSA) is 21.3 Å². The first kappa shape index (κ1) is 16.5. The summed E-state index contributed by atoms with van der Waals surface area (Å²) in [5, 5.41) is 3.74. The molecular formula is C19H31NO. The van der Waals surface area contributed by atoms with Gasteiger partial charge in [0.2, 0.25) is 0 Å². The Morgan fingerprint density at radius 3 is 2.48 bits per heavy atom. The Balaban J connectivity index is 2.11. The molecule has 0 aliphatic carbocycles. The van der Waals surface area contributed by atoms with E-state index in [1.54, 1.807) is 0 Å². The second-order valence-corrected chi connectivity index (χ2v) is 6.38. The highest BCUT2D eigenvalue weighted by Gasteiger charge is 2.25. The summed E-state index contributed by atoms with van der Waals surface area (Å²) in [6, 6.07) is 9.71. The van der Waals surface area contributed by atoms with Gasteiger partial charge in [-0.05, 0) is 49.3 Å². The van der Waals surface area contributed by atoms with E-state index >= 15 is 0 Å². The molecular weight excluding hydrogens is 258 g/mol. The maximum atomic E-state index is 5.70. The predicted octanol–water partition coefficient (Wildman–Crippen LogP) is 4.67. The van der Waals surface area contributed by atoms with Crippen LogP contribution in [-0.4, -0.2) is 19.8 Å². The fraction of sp³-hybridized carbons (Fsp3) is 0.684. The summed E-state index contributed by atoms with van der Waals surface area (Å²) in [4.78, 5) is 0. The fourth-order valence-electron chi connectivity index (χ4n) is 3.15. The third-order valence-corrected chi connectivity index (χ3v) is 4.76. The maximum Gasteiger partial charge on any atom is 0.0512 e. The lowest BCUT2D eigenvalue weighted by Gasteiger charge is -2.31. The Labute approximate surface area is 130 Å². The Hall–Kier alpha value is -0.860. The van der Waals surface area contributed by atoms with Crippen molar-refractivity contribution in [2.24, 2.45) is 5.92 Å². The maximum absolute atomic E-state index is 5.70. The van der Waals surface area contributed by atoms with E-state index in [4.69, 9.17) is 4.74 Å². The Morgan fingerprint density at radius 1 is 1.19 bits per heavy atom. The summed E-state index contributed by atoms with van der Waals surface area (Å²) >= 11 is 0. The largest absolute Gasteiger partial charge is 0.381 e. The summed E-state index contributed by atoms with van der Waals surface area (Å²) in [6.07, 6.45) is 4.84. The highest BCUT2D eigenvalue weighted by atomic mass is 16.5. The molecule has 1 fully saturated rings. The summed E-state index contributed by atoms with van der Waals surface area (Å²) < 4.78 is 5.70. The van der Waals surface area contributed by atoms with E-state index in [1.165, 1.54) is 36.8 Å². The van der Waals surface area contributed by atoms with Crippen molar-refractivity contribution in [3.05, 3.63) is 35.4 Å². The molecule has 1 saturated heterocycles. The van der Waals surface area contributed by atoms with Crippen LogP contribution in [0, 0.1) is 5.92 Å². The fourth-order valence-corrected chi connectivity index (χ4v) is 3.15. The minimum absolute atomic E-state index is 0.441. The van der Waals surface area contributed by atoms with Crippen LogP contribution < -0.4 is 5.32 Å². The summed E-state index contributed by atoms with van der Waals surface area (Å²) in [5.74, 6) is 1.26. The van der Waals surface area contributed by atoms with Crippen LogP contribution in [0.4, 0.5) is 0 Å². The number of ether oxygens (including phenoxy) is 1. The molecule has 21 heavy (non-hydrogen) atoms. The van der Waals surface area contributed by atoms with Crippen LogP contribution in [0.15, 0.2) is 24.3 Å². The van der Waals surface area contributed by atoms with Gasteiger partial charge < -0.3 is 10.1 Å². The molecule has 1 aromatic rings. The number of rotatable bonds is 7. The van der Waals surface area contributed by atoms with Gasteiger partial charge in [-0.3, -0.25) is 0 Å². The molecule has 2 nitrogen and oxygen atoms in total. The van der Waals surface area contributed by atoms with E-state index in [9.17, 15) is 0 Å². The zero-order chi connectivity index (χ0) is 15.1. The Bertz CT molecular complexity index is 395. The van der Waals surface area contributed by atoms with Crippen molar-refractivity contribution < 1.29 is 4.74 Å². The van der Waals surface area contributed by atoms with Gasteiger partial charge in [-0.1, -0.05) is 45.0 Å². The van der Waals surface area contributed by atoms with Gasteiger partial charge in [0.15, 0.2) is 0 Å². The van der Waals surface area contributed by atoms with E-state index in [0.717, 1.165) is 19.8 Å². The number of hydrogen-bond donors (Lipinski definition) is 1. The SMILES string of the molecule is CCCNC(c1ccc(C(C)CC)cc1)C1CCCOC1. The molecule has 3 atom stereocenters. The first-order valence-corrected chi connectivity index (χ1v) is 8.67. The van der Waals surface area contributed by atoms with Gasteiger partial charge in [-0.25, -0.2) is 0 Å². The van der Waals surface area contributed by atoms with E-state index in [1.807, 2.05) is 0 Å². The van der Waals surface area contributed by atoms with Crippen molar-refractivity contribution in [2.45, 2.75) is 58.4 Å². The molecule has 0 spiro atoms. The van der Waals surface area contributed by atoms with Crippen molar-refractivity contribution in [2.75, 3.05) is 19.8 Å². The van der Waals surface area contributed by atoms with E-state index in [2.05, 4.69) is 50.4 Å². The van der Waals surface area contributed by atoms with Crippen LogP contribution in [0.5, 0.6) is 0 Å². The highest BCUT2D eigenvalue weighted by molar-refractivity contribution is 5.27. The molecule has 1 heterocycles. The molecule has 1 aromatic carbocycles. The molecule has 0 aromatic heterocycles. The predicted molar refractivity (Wildman–Crippen MR) is 89.7 cm³/mol. The van der Waals surface area contributed by atoms with E-state index in [0.29, 0.717) is 17.9 Å². The molecule has 0 bridgehead atoms. The third kappa shape index (κ3) is 4.55. The van der Waals surface area contributed by atoms with Crippen molar-refractivity contribution in [3.63, 3.8) is 0 Å². The van der Waals surface area contributed by atoms with E-state index in [-0.39, 0.29) is 0 Å². The van der Waals surface area contributed by atoms with E-state index < -0.39 is 0 Å². The second kappa shape index (κ2) is 8.55. The van der Waals surface area contributed by atoms with Crippen molar-refractivity contribution in [1.29, 1.82) is 0 Å². The number of benzene rings is 1. The first-order chi connectivity index (χ1) is 10.3. The smallest absolute Gasteiger partial charge is 0.0512 e. The average molecular weight is 289 g/mol. The lowest BCUT2D eigenvalue weighted by molar-refractivity contribution is 0.0390. The monoisotopic (exact) mass is 289 g/mol. The second-order valence-electron chi connectivity index (χ2n) is 6.38. The van der Waals surface area contributed by atoms with Crippen LogP contribution >= 0.6 is 0 Å². The van der Waals surface area contributed by atoms with Crippen LogP contribution in [0.25, 0.3) is 0 Å². The number of nitrogens with one attached hydrogen (secondary N) is 1. The lowest BCUT2D eigenvalue weighted by Crippen LogP contribution is -2.33. The van der Waals surface area contributed by atoms with Gasteiger partial charge in [0.05, 0.1) is 6.61 Å². The van der Waals surface area contributed by atoms with Gasteiger partial charge >= 0.3 is 0 Å². The van der Waals surface area contributed by atoms with Gasteiger partial charge in [0.25, 0.3) is 0 Å². The van der Waals surface area contributed by atoms with Crippen LogP contribution in [-0.2, 0) is 4.74 Å². The quantitative estimate of drug-likeness (QED) is 0.787. The molecule has 0 amide bonds. The van der Waals surface area contributed by atoms with Crippen molar-refractivity contribution in [1.82, 2.24) is 5.32 Å². The summed E-state index contributed by atoms with van der Waals surface area (Å²) in [7, 11) is 0. The summed E-state index contributed by atoms with van der Waals surface area (Å²) in [5.41, 5.74) is 2.88. The standard InChI is InChI=1S/C19H31NO/c1-4-12-20-19(18-7-6-13-21-14-18)17-10-8-16(9-11-17)15(3)5-2/h8-11,15,18-20H,4-7,12-14H2,1-3H3.